The predicted octanol–water partition coefficient (Wildman–Crippen LogP) is 5.34. The number of rotatable bonds is 11. The zero-order valence-corrected chi connectivity index (χ0v) is 23.0. The van der Waals surface area contributed by atoms with Gasteiger partial charge in [-0.05, 0) is 70.3 Å². The summed E-state index contributed by atoms with van der Waals surface area (Å²) in [4.78, 5) is 25.5. The van der Waals surface area contributed by atoms with Gasteiger partial charge in [-0.1, -0.05) is 56.3 Å². The molecule has 0 spiro atoms. The van der Waals surface area contributed by atoms with Crippen LogP contribution in [-0.4, -0.2) is 38.3 Å². The maximum atomic E-state index is 12.8. The number of nitrogens with one attached hydrogen (secondary N) is 2. The second kappa shape index (κ2) is 13.3. The fraction of sp³-hybridized carbons (Fsp3) is 0.219. The molecule has 4 aromatic carbocycles. The number of fused-ring (bicyclic) bond motifs is 1. The standard InChI is InChI=1S/C32H33N3O5/c1-21(2)30(34-31(36)24-13-15-26(38-3)16-14-24)32(37)35-33-19-22-12-17-28(29(18-22)39-4)40-20-25-10-7-9-23-8-5-6-11-27(23)25/h5-19,21,30H,20H2,1-4H3,(H,34,36)(H,35,37). The molecule has 2 N–H and O–H groups in total. The molecule has 4 rings (SSSR count). The maximum absolute atomic E-state index is 12.8. The van der Waals surface area contributed by atoms with Gasteiger partial charge in [0.25, 0.3) is 11.8 Å². The molecule has 40 heavy (non-hydrogen) atoms. The second-order valence-electron chi connectivity index (χ2n) is 9.50. The van der Waals surface area contributed by atoms with E-state index in [1.54, 1.807) is 50.6 Å². The Labute approximate surface area is 234 Å². The molecule has 8 heteroatoms. The van der Waals surface area contributed by atoms with Crippen LogP contribution in [0.5, 0.6) is 17.2 Å². The summed E-state index contributed by atoms with van der Waals surface area (Å²) in [7, 11) is 3.13. The molecule has 0 aliphatic heterocycles. The average Bonchev–Trinajstić information content (AvgIpc) is 2.98. The van der Waals surface area contributed by atoms with Crippen molar-refractivity contribution in [2.45, 2.75) is 26.5 Å². The first-order valence-corrected chi connectivity index (χ1v) is 12.9. The Morgan fingerprint density at radius 3 is 2.35 bits per heavy atom. The Hall–Kier alpha value is -4.85. The van der Waals surface area contributed by atoms with E-state index in [9.17, 15) is 9.59 Å². The predicted molar refractivity (Wildman–Crippen MR) is 156 cm³/mol. The van der Waals surface area contributed by atoms with Gasteiger partial charge >= 0.3 is 0 Å². The van der Waals surface area contributed by atoms with Crippen LogP contribution in [-0.2, 0) is 11.4 Å². The molecular formula is C32H33N3O5. The minimum atomic E-state index is -0.772. The van der Waals surface area contributed by atoms with E-state index < -0.39 is 11.9 Å². The molecule has 0 aromatic heterocycles. The van der Waals surface area contributed by atoms with Crippen molar-refractivity contribution in [1.29, 1.82) is 0 Å². The minimum absolute atomic E-state index is 0.157. The number of ether oxygens (including phenoxy) is 3. The lowest BCUT2D eigenvalue weighted by Gasteiger charge is -2.20. The SMILES string of the molecule is COc1ccc(C(=O)NC(C(=O)NN=Cc2ccc(OCc3cccc4ccccc34)c(OC)c2)C(C)C)cc1. The van der Waals surface area contributed by atoms with Crippen molar-refractivity contribution in [3.05, 3.63) is 102 Å². The van der Waals surface area contributed by atoms with Crippen molar-refractivity contribution in [3.8, 4) is 17.2 Å². The molecule has 0 saturated heterocycles. The third kappa shape index (κ3) is 6.96. The number of hydrogen-bond acceptors (Lipinski definition) is 6. The van der Waals surface area contributed by atoms with Crippen molar-refractivity contribution in [3.63, 3.8) is 0 Å². The third-order valence-electron chi connectivity index (χ3n) is 6.43. The number of hydrogen-bond donors (Lipinski definition) is 2. The molecule has 0 fully saturated rings. The van der Waals surface area contributed by atoms with E-state index in [1.165, 1.54) is 6.21 Å². The van der Waals surface area contributed by atoms with Crippen molar-refractivity contribution in [2.75, 3.05) is 14.2 Å². The lowest BCUT2D eigenvalue weighted by Crippen LogP contribution is -2.48. The van der Waals surface area contributed by atoms with E-state index in [2.05, 4.69) is 34.0 Å². The van der Waals surface area contributed by atoms with Crippen LogP contribution in [0.3, 0.4) is 0 Å². The summed E-state index contributed by atoms with van der Waals surface area (Å²) >= 11 is 0. The Bertz CT molecular complexity index is 1490. The smallest absolute Gasteiger partial charge is 0.262 e. The van der Waals surface area contributed by atoms with Gasteiger partial charge in [-0.15, -0.1) is 0 Å². The molecule has 0 aliphatic carbocycles. The minimum Gasteiger partial charge on any atom is -0.497 e. The average molecular weight is 540 g/mol. The molecule has 0 bridgehead atoms. The van der Waals surface area contributed by atoms with Gasteiger partial charge in [-0.2, -0.15) is 5.10 Å². The van der Waals surface area contributed by atoms with Crippen LogP contribution in [0.2, 0.25) is 0 Å². The van der Waals surface area contributed by atoms with Gasteiger partial charge in [0.1, 0.15) is 18.4 Å². The monoisotopic (exact) mass is 539 g/mol. The van der Waals surface area contributed by atoms with Crippen LogP contribution in [0.4, 0.5) is 0 Å². The van der Waals surface area contributed by atoms with Crippen molar-refractivity contribution >= 4 is 28.8 Å². The first-order chi connectivity index (χ1) is 19.4. The zero-order chi connectivity index (χ0) is 28.5. The first kappa shape index (κ1) is 28.2. The number of carbonyl (C=O) groups excluding carboxylic acids is 2. The normalized spacial score (nSPS) is 11.8. The van der Waals surface area contributed by atoms with Gasteiger partial charge in [-0.3, -0.25) is 9.59 Å². The molecule has 1 unspecified atom stereocenters. The van der Waals surface area contributed by atoms with E-state index in [-0.39, 0.29) is 11.8 Å². The molecule has 4 aromatic rings. The van der Waals surface area contributed by atoms with Gasteiger partial charge in [0, 0.05) is 5.56 Å². The van der Waals surface area contributed by atoms with Crippen molar-refractivity contribution in [2.24, 2.45) is 11.0 Å². The highest BCUT2D eigenvalue weighted by molar-refractivity contribution is 5.98. The van der Waals surface area contributed by atoms with Gasteiger partial charge in [0.2, 0.25) is 0 Å². The fourth-order valence-corrected chi connectivity index (χ4v) is 4.20. The van der Waals surface area contributed by atoms with Crippen LogP contribution in [0.15, 0.2) is 90.0 Å². The van der Waals surface area contributed by atoms with Crippen LogP contribution in [0.1, 0.15) is 35.3 Å². The Morgan fingerprint density at radius 2 is 1.62 bits per heavy atom. The molecule has 2 amide bonds. The highest BCUT2D eigenvalue weighted by atomic mass is 16.5. The number of hydrazone groups is 1. The van der Waals surface area contributed by atoms with Gasteiger partial charge in [-0.25, -0.2) is 5.43 Å². The van der Waals surface area contributed by atoms with E-state index >= 15 is 0 Å². The summed E-state index contributed by atoms with van der Waals surface area (Å²) in [5.41, 5.74) is 4.74. The fourth-order valence-electron chi connectivity index (χ4n) is 4.20. The van der Waals surface area contributed by atoms with Crippen molar-refractivity contribution < 1.29 is 23.8 Å². The largest absolute Gasteiger partial charge is 0.497 e. The first-order valence-electron chi connectivity index (χ1n) is 12.9. The highest BCUT2D eigenvalue weighted by Gasteiger charge is 2.24. The number of benzene rings is 4. The van der Waals surface area contributed by atoms with Crippen LogP contribution in [0.25, 0.3) is 10.8 Å². The van der Waals surface area contributed by atoms with Gasteiger partial charge in [0.15, 0.2) is 11.5 Å². The van der Waals surface area contributed by atoms with Crippen molar-refractivity contribution in [1.82, 2.24) is 10.7 Å². The molecule has 0 radical (unpaired) electrons. The number of carbonyl (C=O) groups is 2. The van der Waals surface area contributed by atoms with E-state index in [1.807, 2.05) is 44.2 Å². The van der Waals surface area contributed by atoms with E-state index in [4.69, 9.17) is 14.2 Å². The topological polar surface area (TPSA) is 98.2 Å². The lowest BCUT2D eigenvalue weighted by molar-refractivity contribution is -0.123. The summed E-state index contributed by atoms with van der Waals surface area (Å²) in [6.45, 7) is 4.09. The van der Waals surface area contributed by atoms with Gasteiger partial charge < -0.3 is 19.5 Å². The number of amides is 2. The van der Waals surface area contributed by atoms with Crippen LogP contribution in [0, 0.1) is 5.92 Å². The molecular weight excluding hydrogens is 506 g/mol. The summed E-state index contributed by atoms with van der Waals surface area (Å²) < 4.78 is 16.7. The van der Waals surface area contributed by atoms with Crippen LogP contribution >= 0.6 is 0 Å². The summed E-state index contributed by atoms with van der Waals surface area (Å²) in [5.74, 6) is 0.847. The maximum Gasteiger partial charge on any atom is 0.262 e. The van der Waals surface area contributed by atoms with E-state index in [0.29, 0.717) is 35.0 Å². The Balaban J connectivity index is 1.37. The summed E-state index contributed by atoms with van der Waals surface area (Å²) in [6, 6.07) is 25.6. The Morgan fingerprint density at radius 1 is 0.875 bits per heavy atom. The van der Waals surface area contributed by atoms with E-state index in [0.717, 1.165) is 16.3 Å². The second-order valence-corrected chi connectivity index (χ2v) is 9.50. The quantitative estimate of drug-likeness (QED) is 0.198. The summed E-state index contributed by atoms with van der Waals surface area (Å²) in [5, 5.41) is 9.17. The molecule has 206 valence electrons. The molecule has 0 aliphatic rings. The molecule has 8 nitrogen and oxygen atoms in total. The Kier molecular flexibility index (Phi) is 9.35. The lowest BCUT2D eigenvalue weighted by atomic mass is 10.0. The van der Waals surface area contributed by atoms with Gasteiger partial charge in [0.05, 0.1) is 20.4 Å². The highest BCUT2D eigenvalue weighted by Crippen LogP contribution is 2.29. The molecule has 0 saturated carbocycles. The number of nitrogens with zero attached hydrogens (tertiary/aromatic N) is 1. The third-order valence-corrected chi connectivity index (χ3v) is 6.43. The zero-order valence-electron chi connectivity index (χ0n) is 23.0. The van der Waals surface area contributed by atoms with Crippen LogP contribution < -0.4 is 25.0 Å². The number of methoxy groups -OCH3 is 2. The molecule has 1 atom stereocenters. The summed E-state index contributed by atoms with van der Waals surface area (Å²) in [6.07, 6.45) is 1.51. The molecule has 0 heterocycles.